The normalized spacial score (nSPS) is 11.1. The van der Waals surface area contributed by atoms with E-state index in [1.165, 1.54) is 83.4 Å². The Morgan fingerprint density at radius 1 is 0.852 bits per heavy atom. The van der Waals surface area contributed by atoms with E-state index in [-0.39, 0.29) is 5.97 Å². The summed E-state index contributed by atoms with van der Waals surface area (Å²) in [4.78, 5) is 15.4. The molecule has 0 bridgehead atoms. The first-order valence-electron chi connectivity index (χ1n) is 10.9. The number of unbranched alkanes of at least 4 members (excludes halogenated alkanes) is 11. The molecule has 0 N–H and O–H groups in total. The molecule has 1 heterocycles. The van der Waals surface area contributed by atoms with Crippen LogP contribution < -0.4 is 0 Å². The van der Waals surface area contributed by atoms with Crippen molar-refractivity contribution in [1.82, 2.24) is 4.98 Å². The van der Waals surface area contributed by atoms with Crippen LogP contribution in [0.2, 0.25) is 0 Å². The van der Waals surface area contributed by atoms with Gasteiger partial charge in [-0.15, -0.1) is 0 Å². The van der Waals surface area contributed by atoms with Gasteiger partial charge in [0.05, 0.1) is 7.11 Å². The van der Waals surface area contributed by atoms with Crippen molar-refractivity contribution in [2.45, 2.75) is 96.3 Å². The maximum atomic E-state index is 11.0. The second kappa shape index (κ2) is 17.8. The molecule has 0 spiro atoms. The van der Waals surface area contributed by atoms with Crippen LogP contribution in [0.5, 0.6) is 0 Å². The third-order valence-corrected chi connectivity index (χ3v) is 4.93. The van der Waals surface area contributed by atoms with E-state index in [4.69, 9.17) is 0 Å². The second-order valence-electron chi connectivity index (χ2n) is 7.34. The molecule has 27 heavy (non-hydrogen) atoms. The summed E-state index contributed by atoms with van der Waals surface area (Å²) in [5.74, 6) is -0.0811. The molecule has 3 nitrogen and oxygen atoms in total. The van der Waals surface area contributed by atoms with Gasteiger partial charge in [0.1, 0.15) is 0 Å². The first kappa shape index (κ1) is 23.4. The Balaban J connectivity index is 1.76. The Kier molecular flexibility index (Phi) is 15.4. The summed E-state index contributed by atoms with van der Waals surface area (Å²) in [6, 6.07) is 6.18. The topological polar surface area (TPSA) is 39.2 Å². The molecule has 0 aromatic carbocycles. The van der Waals surface area contributed by atoms with Gasteiger partial charge in [-0.05, 0) is 57.1 Å². The molecule has 0 aliphatic rings. The molecule has 0 unspecified atom stereocenters. The fraction of sp³-hybridized carbons (Fsp3) is 0.667. The molecule has 152 valence electrons. The zero-order valence-corrected chi connectivity index (χ0v) is 17.3. The van der Waals surface area contributed by atoms with Crippen molar-refractivity contribution in [3.8, 4) is 0 Å². The van der Waals surface area contributed by atoms with Crippen molar-refractivity contribution in [1.29, 1.82) is 0 Å². The van der Waals surface area contributed by atoms with Crippen LogP contribution in [0.15, 0.2) is 36.5 Å². The smallest absolute Gasteiger partial charge is 0.305 e. The number of aryl methyl sites for hydroxylation is 1. The number of aromatic nitrogens is 1. The van der Waals surface area contributed by atoms with Crippen molar-refractivity contribution in [3.05, 3.63) is 42.2 Å². The lowest BCUT2D eigenvalue weighted by Crippen LogP contribution is -1.98. The number of esters is 1. The van der Waals surface area contributed by atoms with Crippen LogP contribution in [0.3, 0.4) is 0 Å². The first-order chi connectivity index (χ1) is 13.3. The van der Waals surface area contributed by atoms with E-state index in [2.05, 4.69) is 34.0 Å². The largest absolute Gasteiger partial charge is 0.469 e. The number of nitrogens with zero attached hydrogens (tertiary/aromatic N) is 1. The van der Waals surface area contributed by atoms with E-state index >= 15 is 0 Å². The highest BCUT2D eigenvalue weighted by atomic mass is 16.5. The number of rotatable bonds is 17. The number of hydrogen-bond donors (Lipinski definition) is 0. The van der Waals surface area contributed by atoms with Gasteiger partial charge in [0, 0.05) is 18.3 Å². The predicted octanol–water partition coefficient (Wildman–Crippen LogP) is 6.81. The molecular formula is C24H39NO2. The Morgan fingerprint density at radius 2 is 1.44 bits per heavy atom. The van der Waals surface area contributed by atoms with Gasteiger partial charge in [-0.2, -0.15) is 0 Å². The molecule has 0 amide bonds. The maximum Gasteiger partial charge on any atom is 0.305 e. The van der Waals surface area contributed by atoms with Crippen molar-refractivity contribution in [3.63, 3.8) is 0 Å². The lowest BCUT2D eigenvalue weighted by Gasteiger charge is -2.01. The van der Waals surface area contributed by atoms with Crippen LogP contribution in [0.1, 0.15) is 95.6 Å². The number of pyridine rings is 1. The number of allylic oxidation sites excluding steroid dienone is 2. The third kappa shape index (κ3) is 15.1. The summed E-state index contributed by atoms with van der Waals surface area (Å²) in [7, 11) is 1.46. The lowest BCUT2D eigenvalue weighted by molar-refractivity contribution is -0.140. The van der Waals surface area contributed by atoms with Crippen LogP contribution in [0.4, 0.5) is 0 Å². The predicted molar refractivity (Wildman–Crippen MR) is 114 cm³/mol. The Hall–Kier alpha value is -1.64. The van der Waals surface area contributed by atoms with Gasteiger partial charge in [0.2, 0.25) is 0 Å². The van der Waals surface area contributed by atoms with E-state index in [1.54, 1.807) is 0 Å². The minimum Gasteiger partial charge on any atom is -0.469 e. The zero-order valence-electron chi connectivity index (χ0n) is 17.3. The zero-order chi connectivity index (χ0) is 19.4. The Morgan fingerprint density at radius 3 is 2.04 bits per heavy atom. The summed E-state index contributed by atoms with van der Waals surface area (Å²) in [5.41, 5.74) is 1.23. The van der Waals surface area contributed by atoms with Crippen LogP contribution in [-0.2, 0) is 16.0 Å². The molecule has 1 aromatic rings. The van der Waals surface area contributed by atoms with Gasteiger partial charge >= 0.3 is 5.97 Å². The number of ether oxygens (including phenoxy) is 1. The van der Waals surface area contributed by atoms with E-state index in [0.717, 1.165) is 19.3 Å². The molecule has 3 heteroatoms. The molecule has 0 saturated carbocycles. The van der Waals surface area contributed by atoms with Crippen molar-refractivity contribution in [2.75, 3.05) is 7.11 Å². The number of carbonyl (C=O) groups excluding carboxylic acids is 1. The molecule has 0 aliphatic carbocycles. The van der Waals surface area contributed by atoms with Crippen LogP contribution >= 0.6 is 0 Å². The van der Waals surface area contributed by atoms with Gasteiger partial charge in [-0.3, -0.25) is 9.78 Å². The fourth-order valence-electron chi connectivity index (χ4n) is 3.22. The van der Waals surface area contributed by atoms with Gasteiger partial charge in [0.25, 0.3) is 0 Å². The summed E-state index contributed by atoms with van der Waals surface area (Å²) in [5, 5.41) is 0. The SMILES string of the molecule is COC(=O)CCCCCCC/C=C\CCCCCCCCc1ccccn1. The standard InChI is InChI=1S/C24H39NO2/c1-27-24(26)21-16-14-12-10-8-6-4-2-3-5-7-9-11-13-15-19-23-20-17-18-22-25-23/h2,4,17-18,20,22H,3,5-16,19,21H2,1H3/b4-2-. The van der Waals surface area contributed by atoms with Crippen molar-refractivity contribution in [2.24, 2.45) is 0 Å². The first-order valence-corrected chi connectivity index (χ1v) is 10.9. The minimum atomic E-state index is -0.0811. The van der Waals surface area contributed by atoms with Crippen molar-refractivity contribution < 1.29 is 9.53 Å². The van der Waals surface area contributed by atoms with Crippen LogP contribution in [-0.4, -0.2) is 18.1 Å². The summed E-state index contributed by atoms with van der Waals surface area (Å²) in [6.07, 6.45) is 24.6. The fourth-order valence-corrected chi connectivity index (χ4v) is 3.22. The van der Waals surface area contributed by atoms with E-state index in [9.17, 15) is 4.79 Å². The molecule has 1 rings (SSSR count). The van der Waals surface area contributed by atoms with E-state index in [0.29, 0.717) is 6.42 Å². The summed E-state index contributed by atoms with van der Waals surface area (Å²) >= 11 is 0. The van der Waals surface area contributed by atoms with Crippen molar-refractivity contribution >= 4 is 5.97 Å². The third-order valence-electron chi connectivity index (χ3n) is 4.93. The Bertz CT molecular complexity index is 484. The Labute approximate surface area is 166 Å². The molecular weight excluding hydrogens is 334 g/mol. The van der Waals surface area contributed by atoms with Gasteiger partial charge in [-0.1, -0.05) is 63.2 Å². The van der Waals surface area contributed by atoms with Gasteiger partial charge in [0.15, 0.2) is 0 Å². The van der Waals surface area contributed by atoms with Crippen LogP contribution in [0, 0.1) is 0 Å². The molecule has 0 fully saturated rings. The highest BCUT2D eigenvalue weighted by Gasteiger charge is 1.98. The summed E-state index contributed by atoms with van der Waals surface area (Å²) in [6.45, 7) is 0. The minimum absolute atomic E-state index is 0.0811. The van der Waals surface area contributed by atoms with Crippen LogP contribution in [0.25, 0.3) is 0 Å². The molecule has 0 saturated heterocycles. The number of hydrogen-bond acceptors (Lipinski definition) is 3. The highest BCUT2D eigenvalue weighted by molar-refractivity contribution is 5.68. The number of methoxy groups -OCH3 is 1. The average molecular weight is 374 g/mol. The second-order valence-corrected chi connectivity index (χ2v) is 7.34. The highest BCUT2D eigenvalue weighted by Crippen LogP contribution is 2.11. The maximum absolute atomic E-state index is 11.0. The summed E-state index contributed by atoms with van der Waals surface area (Å²) < 4.78 is 4.64. The molecule has 0 atom stereocenters. The molecule has 0 aliphatic heterocycles. The number of carbonyl (C=O) groups is 1. The van der Waals surface area contributed by atoms with Gasteiger partial charge in [-0.25, -0.2) is 0 Å². The quantitative estimate of drug-likeness (QED) is 0.171. The van der Waals surface area contributed by atoms with E-state index < -0.39 is 0 Å². The lowest BCUT2D eigenvalue weighted by atomic mass is 10.1. The monoisotopic (exact) mass is 373 g/mol. The van der Waals surface area contributed by atoms with E-state index in [1.807, 2.05) is 12.3 Å². The average Bonchev–Trinajstić information content (AvgIpc) is 2.70. The molecule has 0 radical (unpaired) electrons. The van der Waals surface area contributed by atoms with Gasteiger partial charge < -0.3 is 4.74 Å². The molecule has 1 aromatic heterocycles.